The van der Waals surface area contributed by atoms with Gasteiger partial charge in [-0.25, -0.2) is 0 Å². The van der Waals surface area contributed by atoms with Gasteiger partial charge in [-0.3, -0.25) is 0 Å². The van der Waals surface area contributed by atoms with Crippen LogP contribution in [-0.4, -0.2) is 33.6 Å². The normalized spacial score (nSPS) is 27.8. The Morgan fingerprint density at radius 1 is 1.31 bits per heavy atom. The van der Waals surface area contributed by atoms with E-state index in [0.29, 0.717) is 12.8 Å². The van der Waals surface area contributed by atoms with Gasteiger partial charge in [0, 0.05) is 28.5 Å². The van der Waals surface area contributed by atoms with Crippen LogP contribution in [0.3, 0.4) is 0 Å². The number of aliphatic hydroxyl groups excluding tert-OH is 3. The first-order chi connectivity index (χ1) is 12.4. The fourth-order valence-corrected chi connectivity index (χ4v) is 4.84. The predicted molar refractivity (Wildman–Crippen MR) is 110 cm³/mol. The van der Waals surface area contributed by atoms with E-state index in [0.717, 1.165) is 27.6 Å². The Hall–Kier alpha value is -0.650. The number of rotatable bonds is 9. The van der Waals surface area contributed by atoms with Crippen molar-refractivity contribution in [2.75, 3.05) is 0 Å². The molecule has 146 valence electrons. The number of allylic oxidation sites excluding steroid dienone is 2. The Labute approximate surface area is 166 Å². The fourth-order valence-electron chi connectivity index (χ4n) is 3.55. The van der Waals surface area contributed by atoms with E-state index in [4.69, 9.17) is 11.6 Å². The van der Waals surface area contributed by atoms with Gasteiger partial charge in [0.15, 0.2) is 0 Å². The maximum Gasteiger partial charge on any atom is 0.0769 e. The standard InChI is InChI=1S/C21H31ClO3S/c1-3-4-5-6-7-8-17-18(21(25)13-20(17)24)10-9-15(23)11-16-12-19(22)14(2)26-16/h6-7,9-10,12,15,17-18,20-21,23-25H,3-5,8,11,13H2,1-2H3/b7-6+,10-9+. The Balaban J connectivity index is 1.92. The highest BCUT2D eigenvalue weighted by molar-refractivity contribution is 7.12. The summed E-state index contributed by atoms with van der Waals surface area (Å²) < 4.78 is 0. The van der Waals surface area contributed by atoms with Crippen molar-refractivity contribution in [3.05, 3.63) is 45.1 Å². The largest absolute Gasteiger partial charge is 0.393 e. The van der Waals surface area contributed by atoms with Crippen LogP contribution in [0.1, 0.15) is 48.8 Å². The van der Waals surface area contributed by atoms with Gasteiger partial charge in [0.25, 0.3) is 0 Å². The number of halogens is 1. The molecule has 0 bridgehead atoms. The van der Waals surface area contributed by atoms with E-state index in [1.165, 1.54) is 12.8 Å². The van der Waals surface area contributed by atoms with Gasteiger partial charge in [-0.2, -0.15) is 0 Å². The van der Waals surface area contributed by atoms with Crippen LogP contribution in [0.25, 0.3) is 0 Å². The van der Waals surface area contributed by atoms with E-state index in [-0.39, 0.29) is 11.8 Å². The lowest BCUT2D eigenvalue weighted by atomic mass is 9.89. The summed E-state index contributed by atoms with van der Waals surface area (Å²) in [4.78, 5) is 2.11. The average molecular weight is 399 g/mol. The van der Waals surface area contributed by atoms with E-state index in [1.54, 1.807) is 17.4 Å². The minimum atomic E-state index is -0.616. The lowest BCUT2D eigenvalue weighted by Gasteiger charge is -2.19. The Morgan fingerprint density at radius 3 is 2.73 bits per heavy atom. The van der Waals surface area contributed by atoms with Crippen LogP contribution in [0.15, 0.2) is 30.4 Å². The molecule has 0 radical (unpaired) electrons. The van der Waals surface area contributed by atoms with Crippen LogP contribution in [0.4, 0.5) is 0 Å². The van der Waals surface area contributed by atoms with Gasteiger partial charge in [-0.05, 0) is 31.7 Å². The molecule has 0 aromatic carbocycles. The third-order valence-corrected chi connectivity index (χ3v) is 6.67. The molecule has 0 aliphatic heterocycles. The van der Waals surface area contributed by atoms with Gasteiger partial charge in [0.2, 0.25) is 0 Å². The van der Waals surface area contributed by atoms with E-state index >= 15 is 0 Å². The molecule has 26 heavy (non-hydrogen) atoms. The van der Waals surface area contributed by atoms with Gasteiger partial charge >= 0.3 is 0 Å². The number of hydrogen-bond donors (Lipinski definition) is 3. The summed E-state index contributed by atoms with van der Waals surface area (Å²) in [6.45, 7) is 4.14. The van der Waals surface area contributed by atoms with Crippen molar-refractivity contribution in [1.29, 1.82) is 0 Å². The summed E-state index contributed by atoms with van der Waals surface area (Å²) in [5.74, 6) is -0.117. The van der Waals surface area contributed by atoms with Crippen molar-refractivity contribution in [1.82, 2.24) is 0 Å². The molecule has 3 nitrogen and oxygen atoms in total. The highest BCUT2D eigenvalue weighted by Crippen LogP contribution is 2.36. The van der Waals surface area contributed by atoms with Gasteiger partial charge in [0.1, 0.15) is 0 Å². The van der Waals surface area contributed by atoms with E-state index in [2.05, 4.69) is 19.1 Å². The molecular weight excluding hydrogens is 368 g/mol. The second-order valence-corrected chi connectivity index (χ2v) is 8.98. The first kappa shape index (κ1) is 21.6. The Bertz CT molecular complexity index is 591. The van der Waals surface area contributed by atoms with Crippen molar-refractivity contribution < 1.29 is 15.3 Å². The maximum absolute atomic E-state index is 10.3. The number of aryl methyl sites for hydroxylation is 1. The molecule has 1 heterocycles. The molecule has 2 rings (SSSR count). The predicted octanol–water partition coefficient (Wildman–Crippen LogP) is 4.66. The highest BCUT2D eigenvalue weighted by Gasteiger charge is 2.39. The minimum Gasteiger partial charge on any atom is -0.393 e. The first-order valence-corrected chi connectivity index (χ1v) is 10.7. The van der Waals surface area contributed by atoms with Crippen molar-refractivity contribution in [3.63, 3.8) is 0 Å². The highest BCUT2D eigenvalue weighted by atomic mass is 35.5. The third-order valence-electron chi connectivity index (χ3n) is 5.09. The van der Waals surface area contributed by atoms with Crippen molar-refractivity contribution in [2.24, 2.45) is 11.8 Å². The summed E-state index contributed by atoms with van der Waals surface area (Å²) in [5, 5.41) is 31.6. The van der Waals surface area contributed by atoms with Crippen LogP contribution < -0.4 is 0 Å². The molecule has 5 unspecified atom stereocenters. The molecule has 3 N–H and O–H groups in total. The van der Waals surface area contributed by atoms with Gasteiger partial charge in [0.05, 0.1) is 23.3 Å². The molecule has 0 spiro atoms. The van der Waals surface area contributed by atoms with E-state index in [1.807, 2.05) is 19.1 Å². The van der Waals surface area contributed by atoms with Crippen molar-refractivity contribution >= 4 is 22.9 Å². The molecule has 1 aliphatic carbocycles. The second-order valence-electron chi connectivity index (χ2n) is 7.23. The van der Waals surface area contributed by atoms with Crippen molar-refractivity contribution in [2.45, 2.75) is 70.7 Å². The molecule has 1 saturated carbocycles. The summed E-state index contributed by atoms with van der Waals surface area (Å²) in [7, 11) is 0. The third kappa shape index (κ3) is 6.21. The van der Waals surface area contributed by atoms with Gasteiger partial charge < -0.3 is 15.3 Å². The van der Waals surface area contributed by atoms with Gasteiger partial charge in [-0.1, -0.05) is 55.7 Å². The zero-order valence-electron chi connectivity index (χ0n) is 15.6. The zero-order chi connectivity index (χ0) is 19.1. The summed E-state index contributed by atoms with van der Waals surface area (Å²) in [6, 6.07) is 1.90. The summed E-state index contributed by atoms with van der Waals surface area (Å²) in [6.07, 6.45) is 11.3. The van der Waals surface area contributed by atoms with Gasteiger partial charge in [-0.15, -0.1) is 11.3 Å². The fraction of sp³-hybridized carbons (Fsp3) is 0.619. The number of thiophene rings is 1. The number of aliphatic hydroxyl groups is 3. The number of unbranched alkanes of at least 4 members (excludes halogenated alkanes) is 2. The SMILES string of the molecule is CCCC/C=C/CC1C(O)CC(O)C1/C=C/C(O)Cc1cc(Cl)c(C)s1. The topological polar surface area (TPSA) is 60.7 Å². The summed E-state index contributed by atoms with van der Waals surface area (Å²) >= 11 is 7.67. The van der Waals surface area contributed by atoms with Crippen LogP contribution in [0.2, 0.25) is 5.02 Å². The van der Waals surface area contributed by atoms with E-state index < -0.39 is 18.3 Å². The van der Waals surface area contributed by atoms with Crippen molar-refractivity contribution in [3.8, 4) is 0 Å². The quantitative estimate of drug-likeness (QED) is 0.418. The number of hydrogen-bond acceptors (Lipinski definition) is 4. The Kier molecular flexibility index (Phi) is 8.85. The molecule has 1 fully saturated rings. The van der Waals surface area contributed by atoms with E-state index in [9.17, 15) is 15.3 Å². The minimum absolute atomic E-state index is 0.00440. The smallest absolute Gasteiger partial charge is 0.0769 e. The first-order valence-electron chi connectivity index (χ1n) is 9.54. The van der Waals surface area contributed by atoms with Crippen LogP contribution in [0.5, 0.6) is 0 Å². The monoisotopic (exact) mass is 398 g/mol. The lowest BCUT2D eigenvalue weighted by Crippen LogP contribution is -2.20. The lowest BCUT2D eigenvalue weighted by molar-refractivity contribution is 0.120. The molecule has 0 saturated heterocycles. The Morgan fingerprint density at radius 2 is 2.08 bits per heavy atom. The zero-order valence-corrected chi connectivity index (χ0v) is 17.2. The van der Waals surface area contributed by atoms with Crippen LogP contribution in [-0.2, 0) is 6.42 Å². The summed E-state index contributed by atoms with van der Waals surface area (Å²) in [5.41, 5.74) is 0. The maximum atomic E-state index is 10.3. The van der Waals surface area contributed by atoms with Crippen LogP contribution >= 0.6 is 22.9 Å². The molecule has 5 atom stereocenters. The molecule has 1 aromatic heterocycles. The molecule has 1 aromatic rings. The molecule has 5 heteroatoms. The molecule has 1 aliphatic rings. The second kappa shape index (κ2) is 10.6. The average Bonchev–Trinajstić information content (AvgIpc) is 3.03. The molecule has 0 amide bonds. The van der Waals surface area contributed by atoms with Crippen LogP contribution in [0, 0.1) is 18.8 Å². The molecular formula is C21H31ClO3S.